The number of fused-ring (bicyclic) bond motifs is 1. The second kappa shape index (κ2) is 6.31. The summed E-state index contributed by atoms with van der Waals surface area (Å²) in [5.74, 6) is 2.69. The van der Waals surface area contributed by atoms with Gasteiger partial charge in [0.1, 0.15) is 5.78 Å². The molecule has 1 heterocycles. The van der Waals surface area contributed by atoms with Gasteiger partial charge in [0.25, 0.3) is 0 Å². The Labute approximate surface area is 158 Å². The van der Waals surface area contributed by atoms with Crippen molar-refractivity contribution in [1.29, 1.82) is 0 Å². The van der Waals surface area contributed by atoms with Gasteiger partial charge in [-0.2, -0.15) is 0 Å². The number of carbonyl (C=O) groups is 1. The number of carbonyl (C=O) groups excluding carboxylic acids is 1. The molecule has 3 heteroatoms. The molecule has 4 fully saturated rings. The van der Waals surface area contributed by atoms with Crippen LogP contribution in [-0.4, -0.2) is 25.3 Å². The summed E-state index contributed by atoms with van der Waals surface area (Å²) in [5.41, 5.74) is -0.00251. The van der Waals surface area contributed by atoms with Crippen molar-refractivity contribution in [3.63, 3.8) is 0 Å². The van der Waals surface area contributed by atoms with Gasteiger partial charge in [0.2, 0.25) is 0 Å². The average Bonchev–Trinajstić information content (AvgIpc) is 3.05. The molecule has 0 N–H and O–H groups in total. The van der Waals surface area contributed by atoms with Crippen molar-refractivity contribution in [1.82, 2.24) is 0 Å². The molecule has 0 aromatic carbocycles. The smallest absolute Gasteiger partial charge is 0.160 e. The number of allylic oxidation sites excluding steroid dienone is 2. The van der Waals surface area contributed by atoms with E-state index in [2.05, 4.69) is 40.0 Å². The predicted molar refractivity (Wildman–Crippen MR) is 102 cm³/mol. The fourth-order valence-corrected chi connectivity index (χ4v) is 7.03. The molecule has 0 radical (unpaired) electrons. The Balaban J connectivity index is 1.69. The number of rotatable bonds is 4. The largest absolute Gasteiger partial charge is 0.350 e. The van der Waals surface area contributed by atoms with Crippen LogP contribution in [0, 0.1) is 46.3 Å². The standard InChI is InChI=1S/C23H34O3/c1-6-8-17-19-18(22(19,4)5)11-14(3)23(20(17)24)13-15(12-16(23)7-2)21-25-9-10-26-21/h6-7,14-19,21H,1-2,8-13H2,3-5H3/t14-,15+,16-,17+,18-,19+,23-/m1/s1. The van der Waals surface area contributed by atoms with Gasteiger partial charge in [-0.15, -0.1) is 13.2 Å². The summed E-state index contributed by atoms with van der Waals surface area (Å²) < 4.78 is 11.6. The van der Waals surface area contributed by atoms with Crippen molar-refractivity contribution in [3.8, 4) is 0 Å². The molecule has 1 saturated heterocycles. The van der Waals surface area contributed by atoms with Crippen LogP contribution >= 0.6 is 0 Å². The first-order chi connectivity index (χ1) is 12.4. The molecule has 0 aromatic rings. The fraction of sp³-hybridized carbons (Fsp3) is 0.783. The van der Waals surface area contributed by atoms with Gasteiger partial charge >= 0.3 is 0 Å². The van der Waals surface area contributed by atoms with Gasteiger partial charge in [0.05, 0.1) is 13.2 Å². The van der Waals surface area contributed by atoms with E-state index in [1.54, 1.807) is 0 Å². The van der Waals surface area contributed by atoms with Crippen LogP contribution < -0.4 is 0 Å². The number of ketones is 1. The summed E-state index contributed by atoms with van der Waals surface area (Å²) in [6.07, 6.45) is 7.69. The van der Waals surface area contributed by atoms with Crippen LogP contribution in [0.1, 0.15) is 46.5 Å². The summed E-state index contributed by atoms with van der Waals surface area (Å²) in [6, 6.07) is 0. The van der Waals surface area contributed by atoms with E-state index in [0.717, 1.165) is 25.7 Å². The molecule has 0 amide bonds. The Hall–Kier alpha value is -0.930. The molecule has 7 atom stereocenters. The summed E-state index contributed by atoms with van der Waals surface area (Å²) in [7, 11) is 0. The van der Waals surface area contributed by atoms with Gasteiger partial charge in [-0.1, -0.05) is 32.9 Å². The van der Waals surface area contributed by atoms with E-state index >= 15 is 0 Å². The third-order valence-electron chi connectivity index (χ3n) is 8.41. The van der Waals surface area contributed by atoms with Crippen molar-refractivity contribution >= 4 is 5.78 Å². The number of ether oxygens (including phenoxy) is 2. The quantitative estimate of drug-likeness (QED) is 0.687. The van der Waals surface area contributed by atoms with Crippen LogP contribution in [0.25, 0.3) is 0 Å². The molecule has 1 aliphatic heterocycles. The van der Waals surface area contributed by atoms with Crippen LogP contribution in [0.4, 0.5) is 0 Å². The summed E-state index contributed by atoms with van der Waals surface area (Å²) in [6.45, 7) is 16.4. The van der Waals surface area contributed by atoms with Crippen molar-refractivity contribution in [3.05, 3.63) is 25.3 Å². The molecular weight excluding hydrogens is 324 g/mol. The monoisotopic (exact) mass is 358 g/mol. The van der Waals surface area contributed by atoms with Crippen molar-refractivity contribution < 1.29 is 14.3 Å². The molecule has 0 bridgehead atoms. The Morgan fingerprint density at radius 1 is 1.19 bits per heavy atom. The Morgan fingerprint density at radius 2 is 1.88 bits per heavy atom. The van der Waals surface area contributed by atoms with Crippen LogP contribution in [0.5, 0.6) is 0 Å². The normalized spacial score (nSPS) is 47.6. The highest BCUT2D eigenvalue weighted by atomic mass is 16.7. The van der Waals surface area contributed by atoms with Gasteiger partial charge in [-0.25, -0.2) is 0 Å². The molecule has 0 aromatic heterocycles. The molecule has 144 valence electrons. The highest BCUT2D eigenvalue weighted by Gasteiger charge is 2.69. The Kier molecular flexibility index (Phi) is 4.47. The zero-order chi connectivity index (χ0) is 18.7. The number of Topliss-reactive ketones (excluding diaryl/α,β-unsaturated/α-hetero) is 1. The molecule has 3 saturated carbocycles. The average molecular weight is 359 g/mol. The minimum atomic E-state index is -0.293. The lowest BCUT2D eigenvalue weighted by atomic mass is 9.61. The SMILES string of the molecule is C=CC[C@@H]1C(=O)[C@]2(C[C@@H](C3OCCO3)C[C@H]2C=C)[C@H](C)C[C@@H]2[C@H]1C2(C)C. The first-order valence-corrected chi connectivity index (χ1v) is 10.4. The summed E-state index contributed by atoms with van der Waals surface area (Å²) in [5, 5.41) is 0. The molecule has 0 unspecified atom stereocenters. The fourth-order valence-electron chi connectivity index (χ4n) is 7.03. The lowest BCUT2D eigenvalue weighted by Crippen LogP contribution is -2.44. The maximum atomic E-state index is 14.0. The molecule has 3 nitrogen and oxygen atoms in total. The first-order valence-electron chi connectivity index (χ1n) is 10.4. The zero-order valence-corrected chi connectivity index (χ0v) is 16.6. The van der Waals surface area contributed by atoms with E-state index in [9.17, 15) is 4.79 Å². The van der Waals surface area contributed by atoms with Crippen LogP contribution in [0.3, 0.4) is 0 Å². The van der Waals surface area contributed by atoms with E-state index in [1.807, 2.05) is 6.08 Å². The highest BCUT2D eigenvalue weighted by Crippen LogP contribution is 2.71. The molecule has 26 heavy (non-hydrogen) atoms. The second-order valence-corrected chi connectivity index (χ2v) is 9.78. The highest BCUT2D eigenvalue weighted by molar-refractivity contribution is 5.89. The predicted octanol–water partition coefficient (Wildman–Crippen LogP) is 4.63. The van der Waals surface area contributed by atoms with Crippen LogP contribution in [0.15, 0.2) is 25.3 Å². The number of hydrogen-bond donors (Lipinski definition) is 0. The topological polar surface area (TPSA) is 35.5 Å². The third kappa shape index (κ3) is 2.43. The molecule has 4 aliphatic rings. The first kappa shape index (κ1) is 18.4. The van der Waals surface area contributed by atoms with E-state index in [4.69, 9.17) is 9.47 Å². The van der Waals surface area contributed by atoms with E-state index in [-0.39, 0.29) is 23.5 Å². The Morgan fingerprint density at radius 3 is 2.50 bits per heavy atom. The van der Waals surface area contributed by atoms with E-state index in [1.165, 1.54) is 0 Å². The maximum Gasteiger partial charge on any atom is 0.160 e. The molecular formula is C23H34O3. The van der Waals surface area contributed by atoms with Gasteiger partial charge in [-0.3, -0.25) is 4.79 Å². The van der Waals surface area contributed by atoms with Crippen LogP contribution in [0.2, 0.25) is 0 Å². The second-order valence-electron chi connectivity index (χ2n) is 9.78. The van der Waals surface area contributed by atoms with E-state index in [0.29, 0.717) is 48.1 Å². The molecule has 1 spiro atoms. The lowest BCUT2D eigenvalue weighted by molar-refractivity contribution is -0.139. The Bertz CT molecular complexity index is 603. The van der Waals surface area contributed by atoms with Gasteiger partial charge in [-0.05, 0) is 54.8 Å². The molecule has 3 aliphatic carbocycles. The summed E-state index contributed by atoms with van der Waals surface area (Å²) in [4.78, 5) is 14.0. The zero-order valence-electron chi connectivity index (χ0n) is 16.6. The molecule has 4 rings (SSSR count). The van der Waals surface area contributed by atoms with Gasteiger partial charge in [0.15, 0.2) is 6.29 Å². The minimum Gasteiger partial charge on any atom is -0.350 e. The van der Waals surface area contributed by atoms with Crippen LogP contribution in [-0.2, 0) is 14.3 Å². The van der Waals surface area contributed by atoms with Crippen molar-refractivity contribution in [2.45, 2.75) is 52.7 Å². The van der Waals surface area contributed by atoms with E-state index < -0.39 is 0 Å². The van der Waals surface area contributed by atoms with Gasteiger partial charge in [0, 0.05) is 17.3 Å². The lowest BCUT2D eigenvalue weighted by Gasteiger charge is -2.40. The maximum absolute atomic E-state index is 14.0. The van der Waals surface area contributed by atoms with Crippen molar-refractivity contribution in [2.24, 2.45) is 46.3 Å². The van der Waals surface area contributed by atoms with Gasteiger partial charge < -0.3 is 9.47 Å². The number of hydrogen-bond acceptors (Lipinski definition) is 3. The minimum absolute atomic E-state index is 0.115. The van der Waals surface area contributed by atoms with Crippen molar-refractivity contribution in [2.75, 3.05) is 13.2 Å². The third-order valence-corrected chi connectivity index (χ3v) is 8.41. The summed E-state index contributed by atoms with van der Waals surface area (Å²) >= 11 is 0.